The molecule has 8 heteroatoms. The van der Waals surface area contributed by atoms with Crippen LogP contribution in [0.2, 0.25) is 0 Å². The van der Waals surface area contributed by atoms with Crippen molar-refractivity contribution in [2.45, 2.75) is 64.3 Å². The molecule has 0 spiro atoms. The molecule has 2 aliphatic rings. The maximum Gasteiger partial charge on any atom is 0.192 e. The van der Waals surface area contributed by atoms with Crippen molar-refractivity contribution in [3.8, 4) is 5.75 Å². The molecule has 1 aromatic carbocycles. The van der Waals surface area contributed by atoms with Crippen LogP contribution in [0.25, 0.3) is 0 Å². The molecule has 1 saturated carbocycles. The summed E-state index contributed by atoms with van der Waals surface area (Å²) in [6, 6.07) is 8.91. The molecule has 0 saturated heterocycles. The first-order valence-electron chi connectivity index (χ1n) is 9.61. The van der Waals surface area contributed by atoms with Crippen molar-refractivity contribution in [1.29, 1.82) is 0 Å². The Hall–Kier alpha value is -1.84. The summed E-state index contributed by atoms with van der Waals surface area (Å²) >= 11 is 0. The van der Waals surface area contributed by atoms with Crippen molar-refractivity contribution >= 4 is 29.9 Å². The van der Waals surface area contributed by atoms with E-state index in [-0.39, 0.29) is 35.6 Å². The van der Waals surface area contributed by atoms with E-state index in [1.54, 1.807) is 0 Å². The Morgan fingerprint density at radius 1 is 1.25 bits per heavy atom. The number of fused-ring (bicyclic) bond motifs is 1. The van der Waals surface area contributed by atoms with Gasteiger partial charge in [0.05, 0.1) is 6.04 Å². The molecule has 152 valence electrons. The lowest BCUT2D eigenvalue weighted by Gasteiger charge is -2.38. The fraction of sp³-hybridized carbons (Fsp3) is 0.550. The number of hydrogen-bond acceptors (Lipinski definition) is 4. The van der Waals surface area contributed by atoms with E-state index in [0.717, 1.165) is 29.8 Å². The standard InChI is InChI=1S/C20H28N6O.HI/c1-13-24-25-18(26(13)4)12-21-19(22-14-9-10-14)23-16-11-20(2,3)27-17-8-6-5-7-15(16)17;/h5-8,14,16H,9-12H2,1-4H3,(H2,21,22,23);1H. The Morgan fingerprint density at radius 3 is 2.68 bits per heavy atom. The number of ether oxygens (including phenoxy) is 1. The van der Waals surface area contributed by atoms with Crippen LogP contribution in [0.3, 0.4) is 0 Å². The van der Waals surface area contributed by atoms with Gasteiger partial charge < -0.3 is 19.9 Å². The second-order valence-corrected chi connectivity index (χ2v) is 8.11. The summed E-state index contributed by atoms with van der Waals surface area (Å²) in [5, 5.41) is 15.5. The minimum atomic E-state index is -0.225. The number of nitrogens with zero attached hydrogens (tertiary/aromatic N) is 4. The highest BCUT2D eigenvalue weighted by Gasteiger charge is 2.34. The molecule has 28 heavy (non-hydrogen) atoms. The Morgan fingerprint density at radius 2 is 2.00 bits per heavy atom. The largest absolute Gasteiger partial charge is 0.487 e. The molecule has 2 heterocycles. The van der Waals surface area contributed by atoms with E-state index in [0.29, 0.717) is 12.6 Å². The number of aryl methyl sites for hydroxylation is 1. The SMILES string of the molecule is Cc1nnc(CN=C(NC2CC2)NC2CC(C)(C)Oc3ccccc32)n1C.I. The molecular weight excluding hydrogens is 467 g/mol. The number of halogens is 1. The fourth-order valence-electron chi connectivity index (χ4n) is 3.39. The van der Waals surface area contributed by atoms with Crippen LogP contribution in [-0.4, -0.2) is 32.4 Å². The minimum Gasteiger partial charge on any atom is -0.487 e. The van der Waals surface area contributed by atoms with Gasteiger partial charge in [-0.05, 0) is 39.7 Å². The quantitative estimate of drug-likeness (QED) is 0.386. The Balaban J connectivity index is 0.00000225. The lowest BCUT2D eigenvalue weighted by atomic mass is 9.90. The molecular formula is C20H29IN6O. The molecule has 7 nitrogen and oxygen atoms in total. The van der Waals surface area contributed by atoms with Crippen molar-refractivity contribution < 1.29 is 4.74 Å². The van der Waals surface area contributed by atoms with E-state index in [1.807, 2.05) is 30.7 Å². The molecule has 2 aromatic rings. The van der Waals surface area contributed by atoms with Crippen LogP contribution >= 0.6 is 24.0 Å². The van der Waals surface area contributed by atoms with Crippen LogP contribution in [-0.2, 0) is 13.6 Å². The second-order valence-electron chi connectivity index (χ2n) is 8.11. The van der Waals surface area contributed by atoms with Crippen molar-refractivity contribution in [2.75, 3.05) is 0 Å². The van der Waals surface area contributed by atoms with Gasteiger partial charge in [-0.3, -0.25) is 0 Å². The van der Waals surface area contributed by atoms with Crippen LogP contribution in [0.1, 0.15) is 56.4 Å². The highest BCUT2D eigenvalue weighted by Crippen LogP contribution is 2.39. The van der Waals surface area contributed by atoms with E-state index >= 15 is 0 Å². The van der Waals surface area contributed by atoms with E-state index in [2.05, 4.69) is 46.8 Å². The zero-order chi connectivity index (χ0) is 19.0. The molecule has 1 aliphatic heterocycles. The zero-order valence-electron chi connectivity index (χ0n) is 16.9. The summed E-state index contributed by atoms with van der Waals surface area (Å²) in [6.45, 7) is 6.70. The monoisotopic (exact) mass is 496 g/mol. The fourth-order valence-corrected chi connectivity index (χ4v) is 3.39. The van der Waals surface area contributed by atoms with E-state index < -0.39 is 0 Å². The average Bonchev–Trinajstić information content (AvgIpc) is 3.38. The maximum absolute atomic E-state index is 6.15. The third-order valence-corrected chi connectivity index (χ3v) is 5.17. The summed E-state index contributed by atoms with van der Waals surface area (Å²) in [5.41, 5.74) is 0.953. The van der Waals surface area contributed by atoms with Gasteiger partial charge in [0.1, 0.15) is 23.7 Å². The number of aliphatic imine (C=N–C) groups is 1. The van der Waals surface area contributed by atoms with Crippen LogP contribution < -0.4 is 15.4 Å². The van der Waals surface area contributed by atoms with Crippen LogP contribution in [0.4, 0.5) is 0 Å². The van der Waals surface area contributed by atoms with Crippen molar-refractivity contribution in [2.24, 2.45) is 12.0 Å². The molecule has 1 aromatic heterocycles. The summed E-state index contributed by atoms with van der Waals surface area (Å²) in [5.74, 6) is 3.53. The molecule has 0 amide bonds. The summed E-state index contributed by atoms with van der Waals surface area (Å²) < 4.78 is 8.13. The van der Waals surface area contributed by atoms with Crippen molar-refractivity contribution in [3.05, 3.63) is 41.5 Å². The third kappa shape index (κ3) is 4.76. The lowest BCUT2D eigenvalue weighted by molar-refractivity contribution is 0.0694. The van der Waals surface area contributed by atoms with Gasteiger partial charge in [0.25, 0.3) is 0 Å². The molecule has 1 atom stereocenters. The summed E-state index contributed by atoms with van der Waals surface area (Å²) in [4.78, 5) is 4.79. The predicted octanol–water partition coefficient (Wildman–Crippen LogP) is 3.24. The van der Waals surface area contributed by atoms with Gasteiger partial charge in [-0.25, -0.2) is 4.99 Å². The topological polar surface area (TPSA) is 76.4 Å². The number of para-hydroxylation sites is 1. The van der Waals surface area contributed by atoms with Crippen LogP contribution in [0.15, 0.2) is 29.3 Å². The Bertz CT molecular complexity index is 858. The number of rotatable bonds is 4. The van der Waals surface area contributed by atoms with Gasteiger partial charge in [-0.1, -0.05) is 18.2 Å². The lowest BCUT2D eigenvalue weighted by Crippen LogP contribution is -2.46. The molecule has 0 bridgehead atoms. The molecule has 4 rings (SSSR count). The summed E-state index contributed by atoms with van der Waals surface area (Å²) in [7, 11) is 1.97. The van der Waals surface area contributed by atoms with Gasteiger partial charge >= 0.3 is 0 Å². The van der Waals surface area contributed by atoms with Crippen LogP contribution in [0.5, 0.6) is 5.75 Å². The number of guanidine groups is 1. The number of benzene rings is 1. The van der Waals surface area contributed by atoms with Crippen molar-refractivity contribution in [1.82, 2.24) is 25.4 Å². The number of nitrogens with one attached hydrogen (secondary N) is 2. The maximum atomic E-state index is 6.15. The first kappa shape index (κ1) is 20.9. The van der Waals surface area contributed by atoms with E-state index in [4.69, 9.17) is 9.73 Å². The molecule has 1 fully saturated rings. The van der Waals surface area contributed by atoms with Crippen molar-refractivity contribution in [3.63, 3.8) is 0 Å². The van der Waals surface area contributed by atoms with Gasteiger partial charge in [-0.2, -0.15) is 0 Å². The third-order valence-electron chi connectivity index (χ3n) is 5.17. The first-order chi connectivity index (χ1) is 12.9. The first-order valence-corrected chi connectivity index (χ1v) is 9.61. The van der Waals surface area contributed by atoms with Gasteiger partial charge in [0.2, 0.25) is 0 Å². The minimum absolute atomic E-state index is 0. The van der Waals surface area contributed by atoms with Crippen LogP contribution in [0, 0.1) is 6.92 Å². The normalized spacial score (nSPS) is 20.6. The molecule has 1 unspecified atom stereocenters. The predicted molar refractivity (Wildman–Crippen MR) is 120 cm³/mol. The number of hydrogen-bond donors (Lipinski definition) is 2. The Kier molecular flexibility index (Phi) is 6.16. The summed E-state index contributed by atoms with van der Waals surface area (Å²) in [6.07, 6.45) is 3.26. The highest BCUT2D eigenvalue weighted by atomic mass is 127. The average molecular weight is 496 g/mol. The van der Waals surface area contributed by atoms with Gasteiger partial charge in [0.15, 0.2) is 11.8 Å². The van der Waals surface area contributed by atoms with Gasteiger partial charge in [0, 0.05) is 25.1 Å². The molecule has 2 N–H and O–H groups in total. The Labute approximate surface area is 183 Å². The van der Waals surface area contributed by atoms with E-state index in [1.165, 1.54) is 18.4 Å². The molecule has 0 radical (unpaired) electrons. The second kappa shape index (κ2) is 8.26. The van der Waals surface area contributed by atoms with Gasteiger partial charge in [-0.15, -0.1) is 34.2 Å². The number of aromatic nitrogens is 3. The smallest absolute Gasteiger partial charge is 0.192 e. The van der Waals surface area contributed by atoms with E-state index in [9.17, 15) is 0 Å². The molecule has 1 aliphatic carbocycles. The highest BCUT2D eigenvalue weighted by molar-refractivity contribution is 14.0. The zero-order valence-corrected chi connectivity index (χ0v) is 19.2.